The van der Waals surface area contributed by atoms with Crippen molar-refractivity contribution < 1.29 is 19.5 Å². The van der Waals surface area contributed by atoms with E-state index in [1.165, 1.54) is 6.92 Å². The van der Waals surface area contributed by atoms with Crippen LogP contribution >= 0.6 is 0 Å². The van der Waals surface area contributed by atoms with Gasteiger partial charge in [0.05, 0.1) is 17.5 Å². The molecule has 2 aromatic carbocycles. The summed E-state index contributed by atoms with van der Waals surface area (Å²) >= 11 is 0. The van der Waals surface area contributed by atoms with Crippen LogP contribution < -0.4 is 16.0 Å². The number of nitrogens with two attached hydrogens (primary N) is 1. The number of hydrogen-bond acceptors (Lipinski definition) is 5. The van der Waals surface area contributed by atoms with Crippen molar-refractivity contribution in [3.8, 4) is 0 Å². The number of hydrogen-bond donors (Lipinski definition) is 4. The minimum Gasteiger partial charge on any atom is -0.480 e. The van der Waals surface area contributed by atoms with E-state index in [1.54, 1.807) is 54.6 Å². The van der Waals surface area contributed by atoms with Crippen molar-refractivity contribution in [2.45, 2.75) is 18.5 Å². The Morgan fingerprint density at radius 3 is 2.28 bits per heavy atom. The molecular formula is C21H20N4O4. The first kappa shape index (κ1) is 18.8. The van der Waals surface area contributed by atoms with Gasteiger partial charge in [-0.05, 0) is 24.6 Å². The summed E-state index contributed by atoms with van der Waals surface area (Å²) < 4.78 is 0. The highest BCUT2D eigenvalue weighted by Crippen LogP contribution is 2.49. The number of nitrogen functional groups attached to an aromatic ring is 1. The molecule has 0 bridgehead atoms. The van der Waals surface area contributed by atoms with Crippen molar-refractivity contribution in [2.75, 3.05) is 4.90 Å². The minimum atomic E-state index is -1.59. The second-order valence-electron chi connectivity index (χ2n) is 7.52. The number of benzene rings is 2. The highest BCUT2D eigenvalue weighted by atomic mass is 16.4. The first-order valence-corrected chi connectivity index (χ1v) is 9.14. The molecule has 0 radical (unpaired) electrons. The van der Waals surface area contributed by atoms with E-state index in [1.807, 2.05) is 0 Å². The van der Waals surface area contributed by atoms with Gasteiger partial charge >= 0.3 is 5.97 Å². The lowest BCUT2D eigenvalue weighted by molar-refractivity contribution is -0.147. The first-order chi connectivity index (χ1) is 13.8. The van der Waals surface area contributed by atoms with Gasteiger partial charge in [-0.3, -0.25) is 25.1 Å². The van der Waals surface area contributed by atoms with Crippen LogP contribution in [-0.4, -0.2) is 34.3 Å². The van der Waals surface area contributed by atoms with Crippen molar-refractivity contribution in [3.05, 3.63) is 65.7 Å². The molecule has 148 valence electrons. The molecule has 2 amide bonds. The Morgan fingerprint density at radius 1 is 1.10 bits per heavy atom. The largest absolute Gasteiger partial charge is 0.480 e. The topological polar surface area (TPSA) is 137 Å². The molecule has 8 heteroatoms. The van der Waals surface area contributed by atoms with Gasteiger partial charge < -0.3 is 10.8 Å². The fourth-order valence-corrected chi connectivity index (χ4v) is 4.32. The van der Waals surface area contributed by atoms with Gasteiger partial charge in [-0.1, -0.05) is 42.5 Å². The van der Waals surface area contributed by atoms with E-state index in [2.05, 4.69) is 5.32 Å². The van der Waals surface area contributed by atoms with Crippen molar-refractivity contribution in [1.29, 1.82) is 5.41 Å². The second-order valence-corrected chi connectivity index (χ2v) is 7.52. The normalized spacial score (nSPS) is 28.4. The van der Waals surface area contributed by atoms with E-state index in [0.717, 1.165) is 4.90 Å². The molecule has 2 saturated heterocycles. The van der Waals surface area contributed by atoms with E-state index in [-0.39, 0.29) is 5.84 Å². The standard InChI is InChI=1S/C21H20N4O4/c1-21(20(28)29)15-14(16(24-21)11-7-9-12(10-8-11)17(22)23)18(26)25(19(15)27)13-5-3-2-4-6-13/h2-10,14-16,24H,1H3,(H3,22,23)(H,28,29). The lowest BCUT2D eigenvalue weighted by atomic mass is 9.80. The summed E-state index contributed by atoms with van der Waals surface area (Å²) in [4.78, 5) is 39.7. The van der Waals surface area contributed by atoms with Crippen LogP contribution in [0.1, 0.15) is 24.1 Å². The molecule has 8 nitrogen and oxygen atoms in total. The number of anilines is 1. The lowest BCUT2D eigenvalue weighted by Gasteiger charge is -2.27. The number of nitrogens with zero attached hydrogens (tertiary/aromatic N) is 1. The van der Waals surface area contributed by atoms with Gasteiger partial charge in [0.2, 0.25) is 11.8 Å². The predicted molar refractivity (Wildman–Crippen MR) is 105 cm³/mol. The highest BCUT2D eigenvalue weighted by Gasteiger charge is 2.66. The summed E-state index contributed by atoms with van der Waals surface area (Å²) in [6.45, 7) is 1.44. The third-order valence-corrected chi connectivity index (χ3v) is 5.83. The average Bonchev–Trinajstić information content (AvgIpc) is 3.17. The quantitative estimate of drug-likeness (QED) is 0.351. The molecule has 4 unspecified atom stereocenters. The summed E-state index contributed by atoms with van der Waals surface area (Å²) in [6.07, 6.45) is 0. The zero-order valence-corrected chi connectivity index (χ0v) is 15.6. The molecule has 0 spiro atoms. The Labute approximate surface area is 166 Å². The summed E-state index contributed by atoms with van der Waals surface area (Å²) in [5, 5.41) is 20.4. The molecule has 0 aliphatic carbocycles. The van der Waals surface area contributed by atoms with Crippen molar-refractivity contribution in [1.82, 2.24) is 5.32 Å². The summed E-state index contributed by atoms with van der Waals surface area (Å²) in [6, 6.07) is 14.5. The zero-order valence-electron chi connectivity index (χ0n) is 15.6. The van der Waals surface area contributed by atoms with Crippen molar-refractivity contribution in [2.24, 2.45) is 17.6 Å². The molecule has 0 aromatic heterocycles. The second kappa shape index (κ2) is 6.52. The number of carbonyl (C=O) groups excluding carboxylic acids is 2. The van der Waals surface area contributed by atoms with Gasteiger partial charge in [0, 0.05) is 11.6 Å². The summed E-state index contributed by atoms with van der Waals surface area (Å²) in [5.41, 5.74) is 5.50. The third kappa shape index (κ3) is 2.72. The molecule has 2 aromatic rings. The number of amides is 2. The smallest absolute Gasteiger partial charge is 0.324 e. The Kier molecular flexibility index (Phi) is 4.24. The maximum Gasteiger partial charge on any atom is 0.324 e. The van der Waals surface area contributed by atoms with Crippen LogP contribution in [0.15, 0.2) is 54.6 Å². The van der Waals surface area contributed by atoms with Crippen LogP contribution in [0.4, 0.5) is 5.69 Å². The monoisotopic (exact) mass is 392 g/mol. The minimum absolute atomic E-state index is 0.0912. The van der Waals surface area contributed by atoms with Crippen LogP contribution in [0.5, 0.6) is 0 Å². The van der Waals surface area contributed by atoms with Crippen molar-refractivity contribution >= 4 is 29.3 Å². The van der Waals surface area contributed by atoms with E-state index in [0.29, 0.717) is 16.8 Å². The van der Waals surface area contributed by atoms with Gasteiger partial charge in [0.1, 0.15) is 11.4 Å². The van der Waals surface area contributed by atoms with Crippen LogP contribution in [0.2, 0.25) is 0 Å². The molecule has 2 aliphatic rings. The summed E-state index contributed by atoms with van der Waals surface area (Å²) in [5.74, 6) is -4.12. The number of amidine groups is 1. The molecule has 2 fully saturated rings. The molecule has 4 atom stereocenters. The van der Waals surface area contributed by atoms with Gasteiger partial charge in [-0.25, -0.2) is 4.90 Å². The van der Waals surface area contributed by atoms with E-state index < -0.39 is 41.2 Å². The fraction of sp³-hybridized carbons (Fsp3) is 0.238. The predicted octanol–water partition coefficient (Wildman–Crippen LogP) is 1.26. The van der Waals surface area contributed by atoms with E-state index in [9.17, 15) is 19.5 Å². The van der Waals surface area contributed by atoms with Crippen LogP contribution in [-0.2, 0) is 14.4 Å². The van der Waals surface area contributed by atoms with Crippen molar-refractivity contribution in [3.63, 3.8) is 0 Å². The number of carboxylic acid groups (broad SMARTS) is 1. The molecule has 0 saturated carbocycles. The number of para-hydroxylation sites is 1. The third-order valence-electron chi connectivity index (χ3n) is 5.83. The van der Waals surface area contributed by atoms with Gasteiger partial charge in [-0.15, -0.1) is 0 Å². The van der Waals surface area contributed by atoms with E-state index >= 15 is 0 Å². The summed E-state index contributed by atoms with van der Waals surface area (Å²) in [7, 11) is 0. The SMILES string of the molecule is CC1(C(=O)O)NC(c2ccc(C(=N)N)cc2)C2C(=O)N(c3ccccc3)C(=O)C21. The number of imide groups is 1. The Bertz CT molecular complexity index is 1020. The van der Waals surface area contributed by atoms with Gasteiger partial charge in [-0.2, -0.15) is 0 Å². The first-order valence-electron chi connectivity index (χ1n) is 9.14. The van der Waals surface area contributed by atoms with Crippen LogP contribution in [0.3, 0.4) is 0 Å². The molecule has 5 N–H and O–H groups in total. The lowest BCUT2D eigenvalue weighted by Crippen LogP contribution is -2.53. The molecular weight excluding hydrogens is 372 g/mol. The molecule has 29 heavy (non-hydrogen) atoms. The number of aliphatic carboxylic acids is 1. The average molecular weight is 392 g/mol. The highest BCUT2D eigenvalue weighted by molar-refractivity contribution is 6.24. The van der Waals surface area contributed by atoms with Gasteiger partial charge in [0.15, 0.2) is 0 Å². The van der Waals surface area contributed by atoms with Gasteiger partial charge in [0.25, 0.3) is 0 Å². The Balaban J connectivity index is 1.79. The number of fused-ring (bicyclic) bond motifs is 1. The Morgan fingerprint density at radius 2 is 1.72 bits per heavy atom. The molecule has 2 heterocycles. The van der Waals surface area contributed by atoms with E-state index in [4.69, 9.17) is 11.1 Å². The maximum atomic E-state index is 13.3. The zero-order chi connectivity index (χ0) is 20.9. The number of rotatable bonds is 4. The molecule has 2 aliphatic heterocycles. The Hall–Kier alpha value is -3.52. The maximum absolute atomic E-state index is 13.3. The fourth-order valence-electron chi connectivity index (χ4n) is 4.32. The number of carbonyl (C=O) groups is 3. The van der Waals surface area contributed by atoms with Crippen LogP contribution in [0, 0.1) is 17.2 Å². The van der Waals surface area contributed by atoms with Crippen LogP contribution in [0.25, 0.3) is 0 Å². The molecule has 4 rings (SSSR count). The number of nitrogens with one attached hydrogen (secondary N) is 2. The number of carboxylic acids is 1.